The Balaban J connectivity index is 2.19. The van der Waals surface area contributed by atoms with Crippen molar-refractivity contribution < 1.29 is 4.92 Å². The molecule has 0 atom stereocenters. The largest absolute Gasteiger partial charge is 0.354 e. The monoisotopic (exact) mass is 324 g/mol. The van der Waals surface area contributed by atoms with Crippen molar-refractivity contribution in [1.29, 1.82) is 0 Å². The first kappa shape index (κ1) is 15.6. The maximum absolute atomic E-state index is 11.7. The van der Waals surface area contributed by atoms with Gasteiger partial charge in [0.25, 0.3) is 0 Å². The van der Waals surface area contributed by atoms with Gasteiger partial charge in [-0.2, -0.15) is 0 Å². The Morgan fingerprint density at radius 1 is 1.33 bits per heavy atom. The molecule has 122 valence electrons. The maximum atomic E-state index is 11.7. The summed E-state index contributed by atoms with van der Waals surface area (Å²) in [6.07, 6.45) is 5.96. The molecule has 1 aromatic carbocycles. The highest BCUT2D eigenvalue weighted by Gasteiger charge is 2.28. The number of aryl methyl sites for hydroxylation is 1. The van der Waals surface area contributed by atoms with Gasteiger partial charge in [-0.15, -0.1) is 0 Å². The van der Waals surface area contributed by atoms with Crippen molar-refractivity contribution >= 4 is 17.2 Å². The van der Waals surface area contributed by atoms with E-state index in [2.05, 4.69) is 15.0 Å². The van der Waals surface area contributed by atoms with Gasteiger partial charge >= 0.3 is 5.69 Å². The summed E-state index contributed by atoms with van der Waals surface area (Å²) in [6, 6.07) is 7.76. The number of nitrogens with zero attached hydrogens (tertiary/aromatic N) is 6. The third kappa shape index (κ3) is 2.81. The van der Waals surface area contributed by atoms with Crippen molar-refractivity contribution in [2.45, 2.75) is 13.8 Å². The van der Waals surface area contributed by atoms with Crippen molar-refractivity contribution in [3.8, 4) is 5.82 Å². The zero-order chi connectivity index (χ0) is 17.1. The number of nitro groups is 1. The predicted octanol–water partition coefficient (Wildman–Crippen LogP) is 3.04. The van der Waals surface area contributed by atoms with E-state index in [0.29, 0.717) is 6.54 Å². The molecule has 8 nitrogen and oxygen atoms in total. The second kappa shape index (κ2) is 6.45. The smallest absolute Gasteiger partial charge is 0.321 e. The number of hydrogen-bond acceptors (Lipinski definition) is 6. The minimum Gasteiger partial charge on any atom is -0.321 e. The quantitative estimate of drug-likeness (QED) is 0.529. The normalized spacial score (nSPS) is 10.6. The van der Waals surface area contributed by atoms with Crippen LogP contribution in [0, 0.1) is 17.0 Å². The van der Waals surface area contributed by atoms with Crippen LogP contribution in [0.4, 0.5) is 17.2 Å². The van der Waals surface area contributed by atoms with Gasteiger partial charge in [0.1, 0.15) is 12.7 Å². The summed E-state index contributed by atoms with van der Waals surface area (Å²) in [4.78, 5) is 25.3. The van der Waals surface area contributed by atoms with Crippen LogP contribution in [0.2, 0.25) is 0 Å². The Hall–Kier alpha value is -3.29. The van der Waals surface area contributed by atoms with Gasteiger partial charge in [-0.3, -0.25) is 14.7 Å². The van der Waals surface area contributed by atoms with E-state index in [1.54, 1.807) is 17.3 Å². The van der Waals surface area contributed by atoms with E-state index in [1.807, 2.05) is 38.1 Å². The second-order valence-corrected chi connectivity index (χ2v) is 5.18. The summed E-state index contributed by atoms with van der Waals surface area (Å²) in [6.45, 7) is 4.43. The number of benzene rings is 1. The van der Waals surface area contributed by atoms with Crippen LogP contribution in [-0.4, -0.2) is 31.0 Å². The summed E-state index contributed by atoms with van der Waals surface area (Å²) >= 11 is 0. The number of hydrogen-bond donors (Lipinski definition) is 0. The van der Waals surface area contributed by atoms with E-state index in [-0.39, 0.29) is 17.3 Å². The van der Waals surface area contributed by atoms with Crippen molar-refractivity contribution in [3.63, 3.8) is 0 Å². The second-order valence-electron chi connectivity index (χ2n) is 5.18. The van der Waals surface area contributed by atoms with Gasteiger partial charge < -0.3 is 4.90 Å². The highest BCUT2D eigenvalue weighted by atomic mass is 16.6. The van der Waals surface area contributed by atoms with Gasteiger partial charge in [0, 0.05) is 24.6 Å². The molecule has 0 aliphatic rings. The average molecular weight is 324 g/mol. The number of aromatic nitrogens is 4. The minimum atomic E-state index is -0.455. The zero-order valence-corrected chi connectivity index (χ0v) is 13.3. The Kier molecular flexibility index (Phi) is 4.19. The van der Waals surface area contributed by atoms with Crippen LogP contribution in [-0.2, 0) is 0 Å². The standard InChI is InChI=1S/C16H16N6O2/c1-3-21(13-6-4-5-12(2)9-13)16-14(22(23)24)15(18-10-19-16)20-8-7-17-11-20/h4-11H,3H2,1-2H3. The molecular weight excluding hydrogens is 308 g/mol. The lowest BCUT2D eigenvalue weighted by Gasteiger charge is -2.22. The van der Waals surface area contributed by atoms with Gasteiger partial charge in [0.2, 0.25) is 11.6 Å². The SMILES string of the molecule is CCN(c1cccc(C)c1)c1ncnc(-n2ccnc2)c1[N+](=O)[O-]. The molecule has 0 aliphatic heterocycles. The third-order valence-corrected chi connectivity index (χ3v) is 3.60. The van der Waals surface area contributed by atoms with E-state index in [4.69, 9.17) is 0 Å². The lowest BCUT2D eigenvalue weighted by atomic mass is 10.2. The van der Waals surface area contributed by atoms with Crippen LogP contribution in [0.15, 0.2) is 49.3 Å². The van der Waals surface area contributed by atoms with Crippen LogP contribution >= 0.6 is 0 Å². The van der Waals surface area contributed by atoms with Crippen molar-refractivity contribution in [2.75, 3.05) is 11.4 Å². The number of rotatable bonds is 5. The fraction of sp³-hybridized carbons (Fsp3) is 0.188. The fourth-order valence-corrected chi connectivity index (χ4v) is 2.55. The Morgan fingerprint density at radius 2 is 2.17 bits per heavy atom. The van der Waals surface area contributed by atoms with Gasteiger partial charge in [-0.1, -0.05) is 12.1 Å². The topological polar surface area (TPSA) is 90.0 Å². The average Bonchev–Trinajstić information content (AvgIpc) is 3.09. The molecule has 2 aromatic heterocycles. The lowest BCUT2D eigenvalue weighted by Crippen LogP contribution is -2.20. The molecule has 0 N–H and O–H groups in total. The van der Waals surface area contributed by atoms with Crippen molar-refractivity contribution in [2.24, 2.45) is 0 Å². The maximum Gasteiger partial charge on any atom is 0.354 e. The number of imidazole rings is 1. The molecule has 3 rings (SSSR count). The lowest BCUT2D eigenvalue weighted by molar-refractivity contribution is -0.384. The van der Waals surface area contributed by atoms with Crippen LogP contribution in [0.25, 0.3) is 5.82 Å². The molecule has 0 aliphatic carbocycles. The Morgan fingerprint density at radius 3 is 2.79 bits per heavy atom. The van der Waals surface area contributed by atoms with Crippen molar-refractivity contribution in [3.05, 3.63) is 65.0 Å². The molecule has 8 heteroatoms. The van der Waals surface area contributed by atoms with E-state index in [9.17, 15) is 10.1 Å². The highest BCUT2D eigenvalue weighted by Crippen LogP contribution is 2.34. The summed E-state index contributed by atoms with van der Waals surface area (Å²) in [5, 5.41) is 11.7. The Labute approximate surface area is 138 Å². The highest BCUT2D eigenvalue weighted by molar-refractivity contribution is 5.72. The molecule has 3 aromatic rings. The Bertz CT molecular complexity index is 863. The predicted molar refractivity (Wildman–Crippen MR) is 89.7 cm³/mol. The van der Waals surface area contributed by atoms with E-state index in [0.717, 1.165) is 11.3 Å². The number of anilines is 2. The van der Waals surface area contributed by atoms with Crippen LogP contribution in [0.1, 0.15) is 12.5 Å². The zero-order valence-electron chi connectivity index (χ0n) is 13.3. The first-order valence-electron chi connectivity index (χ1n) is 7.43. The molecule has 0 saturated carbocycles. The molecule has 0 bridgehead atoms. The van der Waals surface area contributed by atoms with Gasteiger partial charge in [-0.05, 0) is 31.5 Å². The molecule has 2 heterocycles. The van der Waals surface area contributed by atoms with Crippen molar-refractivity contribution in [1.82, 2.24) is 19.5 Å². The van der Waals surface area contributed by atoms with E-state index in [1.165, 1.54) is 17.2 Å². The summed E-state index contributed by atoms with van der Waals surface area (Å²) in [5.74, 6) is 0.445. The minimum absolute atomic E-state index is 0.154. The van der Waals surface area contributed by atoms with Crippen LogP contribution in [0.5, 0.6) is 0 Å². The molecule has 0 spiro atoms. The molecular formula is C16H16N6O2. The summed E-state index contributed by atoms with van der Waals surface area (Å²) in [5.41, 5.74) is 1.76. The molecule has 0 saturated heterocycles. The third-order valence-electron chi connectivity index (χ3n) is 3.60. The van der Waals surface area contributed by atoms with Crippen LogP contribution < -0.4 is 4.90 Å². The van der Waals surface area contributed by atoms with E-state index < -0.39 is 4.92 Å². The molecule has 0 amide bonds. The van der Waals surface area contributed by atoms with Gasteiger partial charge in [-0.25, -0.2) is 15.0 Å². The first-order valence-corrected chi connectivity index (χ1v) is 7.43. The molecule has 0 unspecified atom stereocenters. The fourth-order valence-electron chi connectivity index (χ4n) is 2.55. The van der Waals surface area contributed by atoms with Gasteiger partial charge in [0.05, 0.1) is 4.92 Å². The summed E-state index contributed by atoms with van der Waals surface area (Å²) < 4.78 is 1.51. The van der Waals surface area contributed by atoms with Gasteiger partial charge in [0.15, 0.2) is 0 Å². The summed E-state index contributed by atoms with van der Waals surface area (Å²) in [7, 11) is 0. The molecule has 24 heavy (non-hydrogen) atoms. The van der Waals surface area contributed by atoms with Crippen LogP contribution in [0.3, 0.4) is 0 Å². The first-order chi connectivity index (χ1) is 11.6. The van der Waals surface area contributed by atoms with E-state index >= 15 is 0 Å². The molecule has 0 fully saturated rings. The molecule has 0 radical (unpaired) electrons.